The van der Waals surface area contributed by atoms with Crippen molar-refractivity contribution in [1.29, 1.82) is 0 Å². The third kappa shape index (κ3) is 1.97. The van der Waals surface area contributed by atoms with Gasteiger partial charge in [0.05, 0.1) is 11.0 Å². The molecule has 6 nitrogen and oxygen atoms in total. The lowest BCUT2D eigenvalue weighted by atomic mass is 9.66. The second kappa shape index (κ2) is 5.12. The minimum absolute atomic E-state index is 0.0430. The number of phenols is 2. The molecule has 0 unspecified atom stereocenters. The van der Waals surface area contributed by atoms with Crippen LogP contribution in [0.2, 0.25) is 0 Å². The Balaban J connectivity index is 2.41. The number of aromatic hydroxyl groups is 2. The molecule has 3 rings (SSSR count). The molecular weight excluding hydrogens is 324 g/mol. The summed E-state index contributed by atoms with van der Waals surface area (Å²) in [5.41, 5.74) is -0.253. The molecule has 2 N–H and O–H groups in total. The van der Waals surface area contributed by atoms with E-state index < -0.39 is 34.5 Å². The molecule has 2 aliphatic rings. The number of benzene rings is 1. The quantitative estimate of drug-likeness (QED) is 0.625. The monoisotopic (exact) mass is 342 g/mol. The molecule has 130 valence electrons. The molecule has 25 heavy (non-hydrogen) atoms. The third-order valence-corrected chi connectivity index (χ3v) is 5.41. The molecule has 0 saturated carbocycles. The van der Waals surface area contributed by atoms with E-state index in [1.165, 1.54) is 26.8 Å². The zero-order chi connectivity index (χ0) is 18.8. The zero-order valence-corrected chi connectivity index (χ0v) is 14.4. The highest BCUT2D eigenvalue weighted by Crippen LogP contribution is 2.54. The van der Waals surface area contributed by atoms with Crippen molar-refractivity contribution in [3.8, 4) is 11.5 Å². The van der Waals surface area contributed by atoms with Crippen LogP contribution in [0, 0.1) is 12.8 Å². The maximum Gasteiger partial charge on any atom is 0.173 e. The first kappa shape index (κ1) is 17.1. The average Bonchev–Trinajstić information content (AvgIpc) is 2.78. The topological polar surface area (TPSA) is 109 Å². The van der Waals surface area contributed by atoms with Crippen LogP contribution >= 0.6 is 0 Å². The zero-order valence-electron chi connectivity index (χ0n) is 14.4. The minimum Gasteiger partial charge on any atom is -0.507 e. The highest BCUT2D eigenvalue weighted by Gasteiger charge is 2.55. The van der Waals surface area contributed by atoms with E-state index in [4.69, 9.17) is 0 Å². The Morgan fingerprint density at radius 2 is 1.76 bits per heavy atom. The van der Waals surface area contributed by atoms with Gasteiger partial charge < -0.3 is 10.2 Å². The summed E-state index contributed by atoms with van der Waals surface area (Å²) in [7, 11) is 0. The highest BCUT2D eigenvalue weighted by atomic mass is 16.3. The maximum atomic E-state index is 13.0. The van der Waals surface area contributed by atoms with Crippen LogP contribution in [0.25, 0.3) is 0 Å². The van der Waals surface area contributed by atoms with Crippen molar-refractivity contribution >= 4 is 23.1 Å². The van der Waals surface area contributed by atoms with Gasteiger partial charge in [0.2, 0.25) is 0 Å². The second-order valence-electron chi connectivity index (χ2n) is 6.89. The van der Waals surface area contributed by atoms with Crippen LogP contribution in [0.5, 0.6) is 11.5 Å². The average molecular weight is 342 g/mol. The molecule has 0 saturated heterocycles. The van der Waals surface area contributed by atoms with E-state index in [0.717, 1.165) is 0 Å². The Morgan fingerprint density at radius 1 is 1.16 bits per heavy atom. The number of rotatable bonds is 2. The Labute approximate surface area is 144 Å². The minimum atomic E-state index is -1.41. The van der Waals surface area contributed by atoms with E-state index in [9.17, 15) is 29.4 Å². The van der Waals surface area contributed by atoms with Crippen LogP contribution in [0.3, 0.4) is 0 Å². The summed E-state index contributed by atoms with van der Waals surface area (Å²) in [6, 6.07) is 0. The fraction of sp³-hybridized carbons (Fsp3) is 0.368. The van der Waals surface area contributed by atoms with Gasteiger partial charge in [-0.15, -0.1) is 0 Å². The van der Waals surface area contributed by atoms with Crippen molar-refractivity contribution in [1.82, 2.24) is 0 Å². The van der Waals surface area contributed by atoms with Crippen LogP contribution < -0.4 is 0 Å². The summed E-state index contributed by atoms with van der Waals surface area (Å²) >= 11 is 0. The van der Waals surface area contributed by atoms with Crippen LogP contribution in [-0.4, -0.2) is 33.3 Å². The SMILES string of the molecule is CC(=O)c1c(O)c(C)c(O)c2c1CC1=CC(=O)[C@H](C(C)=O)C(=O)[C@@]12C. The van der Waals surface area contributed by atoms with E-state index in [-0.39, 0.29) is 34.6 Å². The fourth-order valence-electron chi connectivity index (χ4n) is 4.06. The van der Waals surface area contributed by atoms with E-state index >= 15 is 0 Å². The molecule has 0 aliphatic heterocycles. The number of carbonyl (C=O) groups is 4. The largest absolute Gasteiger partial charge is 0.507 e. The molecule has 2 atom stereocenters. The smallest absolute Gasteiger partial charge is 0.173 e. The van der Waals surface area contributed by atoms with Gasteiger partial charge in [0.1, 0.15) is 23.2 Å². The lowest BCUT2D eigenvalue weighted by Gasteiger charge is -2.33. The van der Waals surface area contributed by atoms with Crippen LogP contribution in [0.15, 0.2) is 11.6 Å². The third-order valence-electron chi connectivity index (χ3n) is 5.41. The van der Waals surface area contributed by atoms with Gasteiger partial charge in [0.25, 0.3) is 0 Å². The van der Waals surface area contributed by atoms with E-state index in [2.05, 4.69) is 0 Å². The van der Waals surface area contributed by atoms with Crippen LogP contribution in [0.4, 0.5) is 0 Å². The summed E-state index contributed by atoms with van der Waals surface area (Å²) in [5, 5.41) is 20.9. The molecule has 1 aromatic rings. The Kier molecular flexibility index (Phi) is 3.49. The molecule has 0 spiro atoms. The molecular formula is C19H18O6. The number of hydrogen-bond acceptors (Lipinski definition) is 6. The first-order valence-corrected chi connectivity index (χ1v) is 7.91. The van der Waals surface area contributed by atoms with E-state index in [1.54, 1.807) is 6.92 Å². The molecule has 0 fully saturated rings. The van der Waals surface area contributed by atoms with Crippen molar-refractivity contribution in [3.63, 3.8) is 0 Å². The number of ketones is 4. The summed E-state index contributed by atoms with van der Waals surface area (Å²) in [6.07, 6.45) is 1.35. The number of carbonyl (C=O) groups excluding carboxylic acids is 4. The molecule has 0 amide bonds. The summed E-state index contributed by atoms with van der Waals surface area (Å²) < 4.78 is 0. The number of allylic oxidation sites excluding steroid dienone is 2. The molecule has 1 aromatic carbocycles. The summed E-state index contributed by atoms with van der Waals surface area (Å²) in [5.74, 6) is -4.15. The molecule has 0 radical (unpaired) electrons. The Bertz CT molecular complexity index is 921. The van der Waals surface area contributed by atoms with Crippen LogP contribution in [-0.2, 0) is 26.2 Å². The maximum absolute atomic E-state index is 13.0. The lowest BCUT2D eigenvalue weighted by Crippen LogP contribution is -2.46. The van der Waals surface area contributed by atoms with Crippen molar-refractivity contribution in [2.45, 2.75) is 39.5 Å². The van der Waals surface area contributed by atoms with E-state index in [1.807, 2.05) is 0 Å². The van der Waals surface area contributed by atoms with Gasteiger partial charge in [0, 0.05) is 11.1 Å². The van der Waals surface area contributed by atoms with Gasteiger partial charge in [-0.2, -0.15) is 0 Å². The Morgan fingerprint density at radius 3 is 2.28 bits per heavy atom. The van der Waals surface area contributed by atoms with Gasteiger partial charge in [-0.1, -0.05) is 0 Å². The molecule has 0 aromatic heterocycles. The number of fused-ring (bicyclic) bond motifs is 3. The molecule has 0 bridgehead atoms. The first-order chi connectivity index (χ1) is 11.5. The fourth-order valence-corrected chi connectivity index (χ4v) is 4.06. The predicted molar refractivity (Wildman–Crippen MR) is 87.8 cm³/mol. The normalized spacial score (nSPS) is 24.6. The predicted octanol–water partition coefficient (Wildman–Crippen LogP) is 1.71. The summed E-state index contributed by atoms with van der Waals surface area (Å²) in [6.45, 7) is 5.47. The van der Waals surface area contributed by atoms with Crippen molar-refractivity contribution in [2.75, 3.05) is 0 Å². The Hall–Kier alpha value is -2.76. The molecule has 6 heteroatoms. The standard InChI is InChI=1S/C19H18O6/c1-7-16(23)13(8(2)20)11-5-10-6-12(22)14(9(3)21)18(25)19(10,4)15(11)17(7)24/h6,14,23-24H,5H2,1-4H3/t14-,19-/m0/s1. The van der Waals surface area contributed by atoms with Gasteiger partial charge in [-0.25, -0.2) is 0 Å². The molecule has 0 heterocycles. The lowest BCUT2D eigenvalue weighted by molar-refractivity contribution is -0.140. The van der Waals surface area contributed by atoms with Crippen molar-refractivity contribution < 1.29 is 29.4 Å². The van der Waals surface area contributed by atoms with E-state index in [0.29, 0.717) is 11.1 Å². The van der Waals surface area contributed by atoms with Crippen molar-refractivity contribution in [2.24, 2.45) is 5.92 Å². The second-order valence-corrected chi connectivity index (χ2v) is 6.89. The van der Waals surface area contributed by atoms with Gasteiger partial charge >= 0.3 is 0 Å². The summed E-state index contributed by atoms with van der Waals surface area (Å²) in [4.78, 5) is 49.1. The number of hydrogen-bond donors (Lipinski definition) is 2. The van der Waals surface area contributed by atoms with Gasteiger partial charge in [-0.3, -0.25) is 19.2 Å². The van der Waals surface area contributed by atoms with Gasteiger partial charge in [0.15, 0.2) is 17.3 Å². The highest BCUT2D eigenvalue weighted by molar-refractivity contribution is 6.28. The van der Waals surface area contributed by atoms with Gasteiger partial charge in [-0.05, 0) is 51.3 Å². The first-order valence-electron chi connectivity index (χ1n) is 7.91. The molecule has 2 aliphatic carbocycles. The number of phenolic OH excluding ortho intramolecular Hbond substituents is 2. The van der Waals surface area contributed by atoms with Crippen molar-refractivity contribution in [3.05, 3.63) is 33.9 Å². The van der Waals surface area contributed by atoms with Crippen LogP contribution in [0.1, 0.15) is 47.8 Å². The number of Topliss-reactive ketones (excluding diaryl/α,β-unsaturated/α-hetero) is 3.